The number of hydrogen-bond donors (Lipinski definition) is 0. The Morgan fingerprint density at radius 2 is 0.843 bits per heavy atom. The Bertz CT molecular complexity index is 1920. The predicted molar refractivity (Wildman–Crippen MR) is 204 cm³/mol. The lowest BCUT2D eigenvalue weighted by atomic mass is 9.76. The molecule has 0 amide bonds. The van der Waals surface area contributed by atoms with E-state index >= 15 is 0 Å². The van der Waals surface area contributed by atoms with Gasteiger partial charge in [0.25, 0.3) is 0 Å². The second kappa shape index (κ2) is 15.1. The van der Waals surface area contributed by atoms with Gasteiger partial charge in [0, 0.05) is 12.6 Å². The summed E-state index contributed by atoms with van der Waals surface area (Å²) < 4.78 is 23.7. The highest BCUT2D eigenvalue weighted by Gasteiger charge is 2.52. The molecule has 0 radical (unpaired) electrons. The zero-order valence-corrected chi connectivity index (χ0v) is 29.3. The Morgan fingerprint density at radius 1 is 0.490 bits per heavy atom. The van der Waals surface area contributed by atoms with Gasteiger partial charge in [0.15, 0.2) is 0 Å². The van der Waals surface area contributed by atoms with Crippen molar-refractivity contribution in [1.82, 2.24) is 4.90 Å². The summed E-state index contributed by atoms with van der Waals surface area (Å²) in [7, 11) is 5.08. The van der Waals surface area contributed by atoms with Gasteiger partial charge in [0.1, 0.15) is 22.8 Å². The fourth-order valence-corrected chi connectivity index (χ4v) is 7.35. The van der Waals surface area contributed by atoms with Crippen LogP contribution in [0.1, 0.15) is 33.4 Å². The van der Waals surface area contributed by atoms with E-state index in [1.54, 1.807) is 21.3 Å². The Hall–Kier alpha value is -5.62. The van der Waals surface area contributed by atoms with Crippen LogP contribution in [0.3, 0.4) is 0 Å². The number of benzene rings is 6. The van der Waals surface area contributed by atoms with E-state index in [1.165, 1.54) is 16.7 Å². The van der Waals surface area contributed by atoms with Gasteiger partial charge in [-0.2, -0.15) is 0 Å². The number of rotatable bonds is 14. The zero-order chi connectivity index (χ0) is 35.1. The molecule has 5 nitrogen and oxygen atoms in total. The maximum atomic E-state index is 7.11. The molecule has 1 saturated heterocycles. The first-order valence-corrected chi connectivity index (χ1v) is 17.3. The highest BCUT2D eigenvalue weighted by atomic mass is 16.5. The third-order valence-corrected chi connectivity index (χ3v) is 9.90. The molecule has 7 rings (SSSR count). The molecule has 6 aromatic carbocycles. The number of ether oxygens (including phenoxy) is 4. The number of nitrogens with zero attached hydrogens (tertiary/aromatic N) is 1. The fourth-order valence-electron chi connectivity index (χ4n) is 7.35. The third kappa shape index (κ3) is 6.54. The van der Waals surface area contributed by atoms with Crippen LogP contribution in [-0.4, -0.2) is 45.4 Å². The molecule has 0 bridgehead atoms. The average molecular weight is 674 g/mol. The molecule has 1 heterocycles. The summed E-state index contributed by atoms with van der Waals surface area (Å²) in [6, 6.07) is 57.0. The Morgan fingerprint density at radius 3 is 1.25 bits per heavy atom. The van der Waals surface area contributed by atoms with Crippen molar-refractivity contribution in [3.05, 3.63) is 209 Å². The van der Waals surface area contributed by atoms with Gasteiger partial charge in [0.2, 0.25) is 0 Å². The normalized spacial score (nSPS) is 15.7. The van der Waals surface area contributed by atoms with Crippen molar-refractivity contribution < 1.29 is 18.9 Å². The maximum Gasteiger partial charge on any atom is 0.144 e. The van der Waals surface area contributed by atoms with Gasteiger partial charge in [-0.1, -0.05) is 140 Å². The van der Waals surface area contributed by atoms with Gasteiger partial charge >= 0.3 is 0 Å². The topological polar surface area (TPSA) is 39.9 Å². The van der Waals surface area contributed by atoms with Crippen LogP contribution < -0.4 is 14.2 Å². The van der Waals surface area contributed by atoms with Crippen LogP contribution in [0, 0.1) is 0 Å². The summed E-state index contributed by atoms with van der Waals surface area (Å²) in [5.41, 5.74) is 5.30. The van der Waals surface area contributed by atoms with E-state index in [-0.39, 0.29) is 6.04 Å². The van der Waals surface area contributed by atoms with Gasteiger partial charge < -0.3 is 18.9 Å². The lowest BCUT2D eigenvalue weighted by Crippen LogP contribution is -2.38. The van der Waals surface area contributed by atoms with E-state index in [4.69, 9.17) is 18.9 Å². The van der Waals surface area contributed by atoms with Crippen molar-refractivity contribution in [2.24, 2.45) is 0 Å². The minimum absolute atomic E-state index is 0.198. The van der Waals surface area contributed by atoms with E-state index < -0.39 is 11.1 Å². The Balaban J connectivity index is 1.25. The molecule has 0 aromatic heterocycles. The van der Waals surface area contributed by atoms with Crippen molar-refractivity contribution in [2.75, 3.05) is 34.5 Å². The average Bonchev–Trinajstić information content (AvgIpc) is 3.99. The van der Waals surface area contributed by atoms with E-state index in [9.17, 15) is 0 Å². The molecule has 51 heavy (non-hydrogen) atoms. The smallest absolute Gasteiger partial charge is 0.144 e. The third-order valence-electron chi connectivity index (χ3n) is 9.90. The first-order chi connectivity index (χ1) is 25.1. The molecule has 0 spiro atoms. The number of hydrogen-bond acceptors (Lipinski definition) is 5. The van der Waals surface area contributed by atoms with E-state index in [1.807, 2.05) is 30.3 Å². The fraction of sp³-hybridized carbons (Fsp3) is 0.174. The summed E-state index contributed by atoms with van der Waals surface area (Å²) in [4.78, 5) is 2.56. The molecule has 5 heteroatoms. The monoisotopic (exact) mass is 673 g/mol. The first kappa shape index (κ1) is 33.9. The van der Waals surface area contributed by atoms with Crippen molar-refractivity contribution in [3.8, 4) is 17.2 Å². The molecular weight excluding hydrogens is 631 g/mol. The van der Waals surface area contributed by atoms with Crippen LogP contribution in [0.25, 0.3) is 0 Å². The van der Waals surface area contributed by atoms with Crippen molar-refractivity contribution in [3.63, 3.8) is 0 Å². The summed E-state index contributed by atoms with van der Waals surface area (Å²) in [5, 5.41) is 0. The van der Waals surface area contributed by atoms with Crippen molar-refractivity contribution in [2.45, 2.75) is 17.2 Å². The summed E-state index contributed by atoms with van der Waals surface area (Å²) in [6.07, 6.45) is 4.46. The van der Waals surface area contributed by atoms with E-state index in [0.717, 1.165) is 40.5 Å². The second-order valence-corrected chi connectivity index (χ2v) is 12.6. The van der Waals surface area contributed by atoms with Gasteiger partial charge in [0.05, 0.1) is 33.5 Å². The standard InChI is InChI=1S/C46H43NO4/c1-48-42-27-21-37(22-28-42)45(35-14-7-4-8-15-35,36-16-9-5-10-17-36)47-34-41(47)20-13-33-51-46(38-18-11-6-12-19-38,39-23-29-43(49-2)30-24-39)40-25-31-44(50-3)32-26-40/h4-32,41H,33-34H2,1-3H3/b20-13+/t41-,47?/m1/s1. The molecule has 0 aliphatic carbocycles. The van der Waals surface area contributed by atoms with E-state index in [0.29, 0.717) is 6.61 Å². The quantitative estimate of drug-likeness (QED) is 0.0655. The van der Waals surface area contributed by atoms with Gasteiger partial charge in [-0.25, -0.2) is 0 Å². The molecule has 256 valence electrons. The predicted octanol–water partition coefficient (Wildman–Crippen LogP) is 9.25. The summed E-state index contributed by atoms with van der Waals surface area (Å²) in [6.45, 7) is 1.29. The molecule has 0 saturated carbocycles. The summed E-state index contributed by atoms with van der Waals surface area (Å²) in [5.74, 6) is 2.42. The zero-order valence-electron chi connectivity index (χ0n) is 29.3. The van der Waals surface area contributed by atoms with Gasteiger partial charge in [-0.3, -0.25) is 4.90 Å². The molecule has 1 aliphatic rings. The van der Waals surface area contributed by atoms with Crippen LogP contribution in [0.2, 0.25) is 0 Å². The van der Waals surface area contributed by atoms with Gasteiger partial charge in [-0.15, -0.1) is 0 Å². The highest BCUT2D eigenvalue weighted by molar-refractivity contribution is 5.53. The van der Waals surface area contributed by atoms with E-state index in [2.05, 4.69) is 151 Å². The van der Waals surface area contributed by atoms with Crippen molar-refractivity contribution >= 4 is 0 Å². The molecular formula is C46H43NO4. The van der Waals surface area contributed by atoms with Crippen LogP contribution in [0.5, 0.6) is 17.2 Å². The number of methoxy groups -OCH3 is 3. The highest BCUT2D eigenvalue weighted by Crippen LogP contribution is 2.49. The lowest BCUT2D eigenvalue weighted by Gasteiger charge is -2.38. The Kier molecular flexibility index (Phi) is 10.0. The molecule has 1 aliphatic heterocycles. The van der Waals surface area contributed by atoms with Crippen LogP contribution in [-0.2, 0) is 15.9 Å². The Labute approximate surface area is 301 Å². The SMILES string of the molecule is COc1ccc(C(OC/C=C/[C@@H]2CN2C(c2ccccc2)(c2ccccc2)c2ccc(OC)cc2)(c2ccccc2)c2ccc(OC)cc2)cc1. The van der Waals surface area contributed by atoms with Crippen molar-refractivity contribution in [1.29, 1.82) is 0 Å². The molecule has 0 N–H and O–H groups in total. The largest absolute Gasteiger partial charge is 0.497 e. The minimum atomic E-state index is -0.881. The molecule has 6 aromatic rings. The first-order valence-electron chi connectivity index (χ1n) is 17.3. The van der Waals surface area contributed by atoms with Crippen LogP contribution in [0.15, 0.2) is 176 Å². The summed E-state index contributed by atoms with van der Waals surface area (Å²) >= 11 is 0. The maximum absolute atomic E-state index is 7.11. The minimum Gasteiger partial charge on any atom is -0.497 e. The molecule has 2 atom stereocenters. The lowest BCUT2D eigenvalue weighted by molar-refractivity contribution is 0.0318. The van der Waals surface area contributed by atoms with Crippen LogP contribution in [0.4, 0.5) is 0 Å². The van der Waals surface area contributed by atoms with Gasteiger partial charge in [-0.05, 0) is 69.8 Å². The second-order valence-electron chi connectivity index (χ2n) is 12.6. The van der Waals surface area contributed by atoms with Crippen LogP contribution >= 0.6 is 0 Å². The molecule has 1 unspecified atom stereocenters. The molecule has 1 fully saturated rings.